The quantitative estimate of drug-likeness (QED) is 0.815. The second kappa shape index (κ2) is 6.01. The minimum Gasteiger partial charge on any atom is -0.469 e. The van der Waals surface area contributed by atoms with Crippen LogP contribution < -0.4 is 5.32 Å². The molecule has 1 rings (SSSR count). The maximum absolute atomic E-state index is 11.7. The van der Waals surface area contributed by atoms with Crippen molar-refractivity contribution in [2.75, 3.05) is 7.11 Å². The molecule has 2 unspecified atom stereocenters. The van der Waals surface area contributed by atoms with Gasteiger partial charge in [0.1, 0.15) is 0 Å². The fourth-order valence-corrected chi connectivity index (χ4v) is 1.86. The number of hydrogen-bond acceptors (Lipinski definition) is 3. The van der Waals surface area contributed by atoms with Gasteiger partial charge < -0.3 is 10.1 Å². The molecule has 0 spiro atoms. The average Bonchev–Trinajstić information content (AvgIpc) is 2.38. The highest BCUT2D eigenvalue weighted by Gasteiger charge is 2.35. The molecule has 0 aliphatic rings. The van der Waals surface area contributed by atoms with Crippen molar-refractivity contribution in [1.29, 1.82) is 0 Å². The van der Waals surface area contributed by atoms with Crippen LogP contribution in [0.25, 0.3) is 0 Å². The minimum absolute atomic E-state index is 0.0279. The van der Waals surface area contributed by atoms with Crippen LogP contribution in [-0.2, 0) is 9.53 Å². The average molecular weight is 249 g/mol. The smallest absolute Gasteiger partial charge is 0.312 e. The number of esters is 1. The number of carbonyl (C=O) groups excluding carboxylic acids is 1. The molecule has 1 aromatic rings. The Bertz CT molecular complexity index is 387. The van der Waals surface area contributed by atoms with Crippen LogP contribution in [0.2, 0.25) is 0 Å². The molecule has 0 radical (unpaired) electrons. The van der Waals surface area contributed by atoms with Crippen molar-refractivity contribution in [3.05, 3.63) is 35.9 Å². The lowest BCUT2D eigenvalue weighted by molar-refractivity contribution is -0.152. The summed E-state index contributed by atoms with van der Waals surface area (Å²) in [6, 6.07) is 10.4. The van der Waals surface area contributed by atoms with Crippen LogP contribution in [-0.4, -0.2) is 19.1 Å². The van der Waals surface area contributed by atoms with Crippen molar-refractivity contribution in [2.45, 2.75) is 39.8 Å². The highest BCUT2D eigenvalue weighted by Crippen LogP contribution is 2.24. The van der Waals surface area contributed by atoms with E-state index in [0.717, 1.165) is 0 Å². The van der Waals surface area contributed by atoms with E-state index in [2.05, 4.69) is 24.4 Å². The van der Waals surface area contributed by atoms with Gasteiger partial charge in [0.25, 0.3) is 0 Å². The van der Waals surface area contributed by atoms with Gasteiger partial charge in [-0.2, -0.15) is 0 Å². The Hall–Kier alpha value is -1.35. The normalized spacial score (nSPS) is 14.9. The number of methoxy groups -OCH3 is 1. The molecule has 1 aromatic carbocycles. The Labute approximate surface area is 110 Å². The van der Waals surface area contributed by atoms with Crippen LogP contribution in [0.1, 0.15) is 39.3 Å². The molecule has 0 aromatic heterocycles. The molecule has 0 heterocycles. The van der Waals surface area contributed by atoms with E-state index in [0.29, 0.717) is 0 Å². The maximum Gasteiger partial charge on any atom is 0.312 e. The van der Waals surface area contributed by atoms with Gasteiger partial charge in [-0.15, -0.1) is 0 Å². The molecular formula is C15H23NO2. The summed E-state index contributed by atoms with van der Waals surface area (Å²) in [6.45, 7) is 7.90. The molecule has 3 heteroatoms. The van der Waals surface area contributed by atoms with Gasteiger partial charge in [0.2, 0.25) is 0 Å². The Morgan fingerprint density at radius 1 is 1.22 bits per heavy atom. The van der Waals surface area contributed by atoms with Crippen molar-refractivity contribution in [2.24, 2.45) is 5.41 Å². The molecule has 2 atom stereocenters. The maximum atomic E-state index is 11.7. The van der Waals surface area contributed by atoms with E-state index >= 15 is 0 Å². The number of rotatable bonds is 5. The Morgan fingerprint density at radius 3 is 2.28 bits per heavy atom. The van der Waals surface area contributed by atoms with E-state index in [-0.39, 0.29) is 18.1 Å². The van der Waals surface area contributed by atoms with Gasteiger partial charge in [-0.1, -0.05) is 30.3 Å². The Morgan fingerprint density at radius 2 is 1.78 bits per heavy atom. The van der Waals surface area contributed by atoms with E-state index in [1.54, 1.807) is 0 Å². The first kappa shape index (κ1) is 14.7. The lowest BCUT2D eigenvalue weighted by Gasteiger charge is -2.32. The van der Waals surface area contributed by atoms with E-state index in [9.17, 15) is 4.79 Å². The van der Waals surface area contributed by atoms with Gasteiger partial charge in [0.05, 0.1) is 12.5 Å². The van der Waals surface area contributed by atoms with Crippen molar-refractivity contribution in [3.63, 3.8) is 0 Å². The van der Waals surface area contributed by atoms with Crippen LogP contribution >= 0.6 is 0 Å². The number of carbonyl (C=O) groups is 1. The third-order valence-corrected chi connectivity index (χ3v) is 3.59. The highest BCUT2D eigenvalue weighted by atomic mass is 16.5. The largest absolute Gasteiger partial charge is 0.469 e. The molecule has 18 heavy (non-hydrogen) atoms. The van der Waals surface area contributed by atoms with E-state index in [1.165, 1.54) is 12.7 Å². The van der Waals surface area contributed by atoms with E-state index in [1.807, 2.05) is 39.0 Å². The Kier molecular flexibility index (Phi) is 4.91. The molecule has 0 saturated carbocycles. The molecule has 0 amide bonds. The lowest BCUT2D eigenvalue weighted by Crippen LogP contribution is -2.46. The second-order valence-electron chi connectivity index (χ2n) is 5.23. The lowest BCUT2D eigenvalue weighted by atomic mass is 9.85. The van der Waals surface area contributed by atoms with E-state index in [4.69, 9.17) is 4.74 Å². The zero-order valence-corrected chi connectivity index (χ0v) is 11.9. The van der Waals surface area contributed by atoms with Crippen LogP contribution in [0, 0.1) is 5.41 Å². The van der Waals surface area contributed by atoms with Gasteiger partial charge in [-0.3, -0.25) is 4.79 Å². The molecule has 0 aliphatic carbocycles. The summed E-state index contributed by atoms with van der Waals surface area (Å²) in [5, 5.41) is 3.45. The van der Waals surface area contributed by atoms with Crippen molar-refractivity contribution in [1.82, 2.24) is 5.32 Å². The summed E-state index contributed by atoms with van der Waals surface area (Å²) in [7, 11) is 1.43. The number of nitrogens with one attached hydrogen (secondary N) is 1. The Balaban J connectivity index is 2.70. The molecule has 3 nitrogen and oxygen atoms in total. The van der Waals surface area contributed by atoms with Gasteiger partial charge in [-0.05, 0) is 33.3 Å². The summed E-state index contributed by atoms with van der Waals surface area (Å²) >= 11 is 0. The molecule has 0 bridgehead atoms. The fraction of sp³-hybridized carbons (Fsp3) is 0.533. The zero-order chi connectivity index (χ0) is 13.8. The summed E-state index contributed by atoms with van der Waals surface area (Å²) in [5.74, 6) is -0.192. The predicted molar refractivity (Wildman–Crippen MR) is 73.3 cm³/mol. The first-order valence-corrected chi connectivity index (χ1v) is 6.29. The monoisotopic (exact) mass is 249 g/mol. The first-order chi connectivity index (χ1) is 8.39. The summed E-state index contributed by atoms with van der Waals surface area (Å²) in [4.78, 5) is 11.7. The zero-order valence-electron chi connectivity index (χ0n) is 11.9. The highest BCUT2D eigenvalue weighted by molar-refractivity contribution is 5.76. The van der Waals surface area contributed by atoms with Crippen molar-refractivity contribution >= 4 is 5.97 Å². The molecular weight excluding hydrogens is 226 g/mol. The third kappa shape index (κ3) is 3.33. The van der Waals surface area contributed by atoms with Gasteiger partial charge in [0.15, 0.2) is 0 Å². The first-order valence-electron chi connectivity index (χ1n) is 6.29. The summed E-state index contributed by atoms with van der Waals surface area (Å²) < 4.78 is 4.84. The molecule has 0 fully saturated rings. The molecule has 0 saturated heterocycles. The minimum atomic E-state index is -0.544. The topological polar surface area (TPSA) is 38.3 Å². The standard InChI is InChI=1S/C15H23NO2/c1-11(13-9-7-6-8-10-13)16-12(2)15(3,4)14(17)18-5/h6-12,16H,1-5H3. The number of benzene rings is 1. The van der Waals surface area contributed by atoms with Crippen LogP contribution in [0.3, 0.4) is 0 Å². The van der Waals surface area contributed by atoms with Crippen molar-refractivity contribution < 1.29 is 9.53 Å². The third-order valence-electron chi connectivity index (χ3n) is 3.59. The summed E-state index contributed by atoms with van der Waals surface area (Å²) in [5.41, 5.74) is 0.669. The van der Waals surface area contributed by atoms with E-state index < -0.39 is 5.41 Å². The van der Waals surface area contributed by atoms with Gasteiger partial charge >= 0.3 is 5.97 Å². The predicted octanol–water partition coefficient (Wildman–Crippen LogP) is 2.92. The number of ether oxygens (including phenoxy) is 1. The SMILES string of the molecule is COC(=O)C(C)(C)C(C)NC(C)c1ccccc1. The van der Waals surface area contributed by atoms with Gasteiger partial charge in [-0.25, -0.2) is 0 Å². The summed E-state index contributed by atoms with van der Waals surface area (Å²) in [6.07, 6.45) is 0. The second-order valence-corrected chi connectivity index (χ2v) is 5.23. The molecule has 1 N–H and O–H groups in total. The van der Waals surface area contributed by atoms with Crippen molar-refractivity contribution in [3.8, 4) is 0 Å². The molecule has 0 aliphatic heterocycles. The van der Waals surface area contributed by atoms with Gasteiger partial charge in [0, 0.05) is 12.1 Å². The van der Waals surface area contributed by atoms with Crippen LogP contribution in [0.5, 0.6) is 0 Å². The van der Waals surface area contributed by atoms with Crippen LogP contribution in [0.15, 0.2) is 30.3 Å². The van der Waals surface area contributed by atoms with Crippen LogP contribution in [0.4, 0.5) is 0 Å². The fourth-order valence-electron chi connectivity index (χ4n) is 1.86. The number of hydrogen-bond donors (Lipinski definition) is 1. The molecule has 100 valence electrons.